The predicted octanol–water partition coefficient (Wildman–Crippen LogP) is 5.33. The Morgan fingerprint density at radius 1 is 1.06 bits per heavy atom. The van der Waals surface area contributed by atoms with E-state index in [1.807, 2.05) is 68.4 Å². The summed E-state index contributed by atoms with van der Waals surface area (Å²) < 4.78 is 5.52. The molecule has 3 heterocycles. The molecule has 6 nitrogen and oxygen atoms in total. The highest BCUT2D eigenvalue weighted by atomic mass is 16.6. The number of pyridine rings is 1. The second kappa shape index (κ2) is 8.92. The van der Waals surface area contributed by atoms with Crippen molar-refractivity contribution < 1.29 is 9.53 Å². The minimum Gasteiger partial charge on any atom is -0.444 e. The summed E-state index contributed by atoms with van der Waals surface area (Å²) in [7, 11) is 0. The third-order valence-electron chi connectivity index (χ3n) is 5.62. The Morgan fingerprint density at radius 3 is 2.39 bits per heavy atom. The molecule has 0 bridgehead atoms. The van der Waals surface area contributed by atoms with Crippen molar-refractivity contribution in [3.8, 4) is 22.4 Å². The van der Waals surface area contributed by atoms with Crippen LogP contribution in [0.4, 0.5) is 4.79 Å². The third kappa shape index (κ3) is 5.13. The Hall–Kier alpha value is -3.15. The first-order valence-electron chi connectivity index (χ1n) is 10.9. The Morgan fingerprint density at radius 2 is 1.74 bits per heavy atom. The number of hydrogen-bond acceptors (Lipinski definition) is 4. The molecular weight excluding hydrogens is 388 g/mol. The quantitative estimate of drug-likeness (QED) is 0.622. The van der Waals surface area contributed by atoms with Crippen LogP contribution in [0, 0.1) is 5.92 Å². The molecule has 0 spiro atoms. The summed E-state index contributed by atoms with van der Waals surface area (Å²) in [5.41, 5.74) is 4.99. The van der Waals surface area contributed by atoms with Crippen LogP contribution in [0.3, 0.4) is 0 Å². The van der Waals surface area contributed by atoms with Gasteiger partial charge in [0.25, 0.3) is 0 Å². The number of aromatic nitrogens is 3. The monoisotopic (exact) mass is 418 g/mol. The molecule has 3 aromatic rings. The lowest BCUT2D eigenvalue weighted by Gasteiger charge is -2.33. The van der Waals surface area contributed by atoms with Crippen molar-refractivity contribution in [3.05, 3.63) is 60.6 Å². The van der Waals surface area contributed by atoms with Gasteiger partial charge in [-0.15, -0.1) is 0 Å². The van der Waals surface area contributed by atoms with Gasteiger partial charge in [-0.2, -0.15) is 5.10 Å². The number of likely N-dealkylation sites (tertiary alicyclic amines) is 1. The number of amides is 1. The summed E-state index contributed by atoms with van der Waals surface area (Å²) in [5.74, 6) is 0.489. The van der Waals surface area contributed by atoms with Crippen LogP contribution in [0.1, 0.15) is 39.3 Å². The van der Waals surface area contributed by atoms with Gasteiger partial charge < -0.3 is 9.64 Å². The van der Waals surface area contributed by atoms with E-state index in [9.17, 15) is 4.79 Å². The molecule has 1 saturated heterocycles. The minimum absolute atomic E-state index is 0.212. The summed E-state index contributed by atoms with van der Waals surface area (Å²) in [5, 5.41) is 7.99. The van der Waals surface area contributed by atoms with Gasteiger partial charge in [-0.05, 0) is 63.6 Å². The molecule has 0 saturated carbocycles. The van der Waals surface area contributed by atoms with Crippen LogP contribution < -0.4 is 0 Å². The maximum absolute atomic E-state index is 12.4. The molecule has 0 atom stereocenters. The van der Waals surface area contributed by atoms with Crippen LogP contribution in [-0.4, -0.2) is 44.9 Å². The van der Waals surface area contributed by atoms with Gasteiger partial charge >= 0.3 is 6.09 Å². The van der Waals surface area contributed by atoms with Gasteiger partial charge in [0, 0.05) is 42.3 Å². The van der Waals surface area contributed by atoms with Gasteiger partial charge in [0.15, 0.2) is 0 Å². The zero-order valence-corrected chi connectivity index (χ0v) is 18.5. The number of aromatic amines is 1. The van der Waals surface area contributed by atoms with Gasteiger partial charge in [-0.1, -0.05) is 30.3 Å². The van der Waals surface area contributed by atoms with E-state index in [0.717, 1.165) is 60.4 Å². The summed E-state index contributed by atoms with van der Waals surface area (Å²) >= 11 is 0. The van der Waals surface area contributed by atoms with Crippen molar-refractivity contribution in [1.29, 1.82) is 0 Å². The van der Waals surface area contributed by atoms with E-state index in [0.29, 0.717) is 5.92 Å². The number of carbonyl (C=O) groups excluding carboxylic acids is 1. The topological polar surface area (TPSA) is 71.1 Å². The van der Waals surface area contributed by atoms with Crippen molar-refractivity contribution in [3.63, 3.8) is 0 Å². The number of hydrogen-bond donors (Lipinski definition) is 1. The predicted molar refractivity (Wildman–Crippen MR) is 121 cm³/mol. The summed E-state index contributed by atoms with van der Waals surface area (Å²) in [6.45, 7) is 7.16. The van der Waals surface area contributed by atoms with Crippen LogP contribution in [-0.2, 0) is 11.2 Å². The van der Waals surface area contributed by atoms with Crippen molar-refractivity contribution in [1.82, 2.24) is 20.1 Å². The molecule has 0 radical (unpaired) electrons. The fourth-order valence-corrected chi connectivity index (χ4v) is 4.10. The first kappa shape index (κ1) is 21.1. The van der Waals surface area contributed by atoms with Gasteiger partial charge in [0.05, 0.1) is 0 Å². The molecular formula is C25H30N4O2. The Balaban J connectivity index is 1.51. The standard InChI is InChI=1S/C25H30N4O2/c1-25(2,3)31-24(30)29-15-11-18(12-16-29)17-21-22(19-9-13-26-14-10-19)23(28-27-21)20-7-5-4-6-8-20/h4-10,13-14,18H,11-12,15-17H2,1-3H3,(H,27,28). The molecule has 2 aromatic heterocycles. The fourth-order valence-electron chi connectivity index (χ4n) is 4.10. The largest absolute Gasteiger partial charge is 0.444 e. The molecule has 4 rings (SSSR count). The average molecular weight is 419 g/mol. The number of nitrogens with one attached hydrogen (secondary N) is 1. The lowest BCUT2D eigenvalue weighted by Crippen LogP contribution is -2.42. The minimum atomic E-state index is -0.461. The van der Waals surface area contributed by atoms with E-state index in [1.54, 1.807) is 0 Å². The van der Waals surface area contributed by atoms with E-state index in [4.69, 9.17) is 4.74 Å². The highest BCUT2D eigenvalue weighted by Gasteiger charge is 2.28. The second-order valence-electron chi connectivity index (χ2n) is 9.14. The molecule has 0 aliphatic carbocycles. The number of rotatable bonds is 4. The van der Waals surface area contributed by atoms with E-state index < -0.39 is 5.60 Å². The first-order valence-corrected chi connectivity index (χ1v) is 10.9. The van der Waals surface area contributed by atoms with Crippen LogP contribution >= 0.6 is 0 Å². The number of nitrogens with zero attached hydrogens (tertiary/aromatic N) is 3. The Bertz CT molecular complexity index is 1000. The molecule has 1 fully saturated rings. The summed E-state index contributed by atoms with van der Waals surface area (Å²) in [6.07, 6.45) is 6.24. The number of ether oxygens (including phenoxy) is 1. The average Bonchev–Trinajstić information content (AvgIpc) is 3.18. The number of piperidine rings is 1. The lowest BCUT2D eigenvalue weighted by molar-refractivity contribution is 0.0184. The molecule has 1 aromatic carbocycles. The van der Waals surface area contributed by atoms with E-state index in [2.05, 4.69) is 27.3 Å². The molecule has 1 amide bonds. The maximum atomic E-state index is 12.4. The summed E-state index contributed by atoms with van der Waals surface area (Å²) in [4.78, 5) is 18.4. The molecule has 6 heteroatoms. The fraction of sp³-hybridized carbons (Fsp3) is 0.400. The molecule has 162 valence electrons. The van der Waals surface area contributed by atoms with Crippen LogP contribution in [0.25, 0.3) is 22.4 Å². The Kier molecular flexibility index (Phi) is 6.07. The van der Waals surface area contributed by atoms with Gasteiger partial charge in [0.2, 0.25) is 0 Å². The second-order valence-corrected chi connectivity index (χ2v) is 9.14. The van der Waals surface area contributed by atoms with Crippen molar-refractivity contribution >= 4 is 6.09 Å². The zero-order valence-electron chi connectivity index (χ0n) is 18.5. The molecule has 1 aliphatic heterocycles. The molecule has 31 heavy (non-hydrogen) atoms. The van der Waals surface area contributed by atoms with E-state index in [-0.39, 0.29) is 6.09 Å². The SMILES string of the molecule is CC(C)(C)OC(=O)N1CCC(Cc2[nH]nc(-c3ccccc3)c2-c2ccncc2)CC1. The van der Waals surface area contributed by atoms with E-state index >= 15 is 0 Å². The van der Waals surface area contributed by atoms with Crippen molar-refractivity contribution in [2.45, 2.75) is 45.6 Å². The van der Waals surface area contributed by atoms with Crippen molar-refractivity contribution in [2.24, 2.45) is 5.92 Å². The number of carbonyl (C=O) groups is 1. The summed E-state index contributed by atoms with van der Waals surface area (Å²) in [6, 6.07) is 14.3. The van der Waals surface area contributed by atoms with Gasteiger partial charge in [-0.3, -0.25) is 10.1 Å². The highest BCUT2D eigenvalue weighted by Crippen LogP contribution is 2.35. The number of H-pyrrole nitrogens is 1. The van der Waals surface area contributed by atoms with Gasteiger partial charge in [-0.25, -0.2) is 4.79 Å². The Labute approximate surface area is 183 Å². The lowest BCUT2D eigenvalue weighted by atomic mass is 9.89. The van der Waals surface area contributed by atoms with E-state index in [1.165, 1.54) is 0 Å². The third-order valence-corrected chi connectivity index (χ3v) is 5.62. The number of benzene rings is 1. The first-order chi connectivity index (χ1) is 14.9. The molecule has 1 N–H and O–H groups in total. The zero-order chi connectivity index (χ0) is 21.8. The van der Waals surface area contributed by atoms with Gasteiger partial charge in [0.1, 0.15) is 11.3 Å². The van der Waals surface area contributed by atoms with Crippen LogP contribution in [0.2, 0.25) is 0 Å². The molecule has 1 aliphatic rings. The smallest absolute Gasteiger partial charge is 0.410 e. The molecule has 0 unspecified atom stereocenters. The van der Waals surface area contributed by atoms with Crippen molar-refractivity contribution in [2.75, 3.05) is 13.1 Å². The normalized spacial score (nSPS) is 15.1. The van der Waals surface area contributed by atoms with Crippen LogP contribution in [0.15, 0.2) is 54.9 Å². The maximum Gasteiger partial charge on any atom is 0.410 e. The highest BCUT2D eigenvalue weighted by molar-refractivity contribution is 5.82. The van der Waals surface area contributed by atoms with Crippen LogP contribution in [0.5, 0.6) is 0 Å².